The van der Waals surface area contributed by atoms with Gasteiger partial charge in [0.1, 0.15) is 5.92 Å². The normalized spacial score (nSPS) is 19.5. The summed E-state index contributed by atoms with van der Waals surface area (Å²) in [5.74, 6) is -0.837. The van der Waals surface area contributed by atoms with Crippen LogP contribution >= 0.6 is 15.9 Å². The van der Waals surface area contributed by atoms with Gasteiger partial charge in [-0.25, -0.2) is 9.79 Å². The third-order valence-corrected chi connectivity index (χ3v) is 5.09. The summed E-state index contributed by atoms with van der Waals surface area (Å²) >= 11 is 3.40. The van der Waals surface area contributed by atoms with Gasteiger partial charge < -0.3 is 10.6 Å². The predicted octanol–water partition coefficient (Wildman–Crippen LogP) is 3.81. The highest BCUT2D eigenvalue weighted by molar-refractivity contribution is 9.10. The Balaban J connectivity index is 1.64. The van der Waals surface area contributed by atoms with Gasteiger partial charge in [-0.2, -0.15) is 5.10 Å². The van der Waals surface area contributed by atoms with E-state index in [0.29, 0.717) is 11.4 Å². The third-order valence-electron chi connectivity index (χ3n) is 4.56. The summed E-state index contributed by atoms with van der Waals surface area (Å²) < 4.78 is 0.924. The maximum atomic E-state index is 13.0. The first-order valence-electron chi connectivity index (χ1n) is 8.36. The number of aliphatic imine (C=N–C) groups is 1. The second-order valence-electron chi connectivity index (χ2n) is 6.37. The van der Waals surface area contributed by atoms with Crippen LogP contribution in [0.25, 0.3) is 10.9 Å². The van der Waals surface area contributed by atoms with E-state index in [-0.39, 0.29) is 5.91 Å². The zero-order valence-corrected chi connectivity index (χ0v) is 15.9. The fourth-order valence-corrected chi connectivity index (χ4v) is 3.51. The number of nitrogens with zero attached hydrogens (tertiary/aromatic N) is 2. The second-order valence-corrected chi connectivity index (χ2v) is 7.29. The largest absolute Gasteiger partial charge is 0.341 e. The molecule has 0 aliphatic carbocycles. The molecule has 2 unspecified atom stereocenters. The summed E-state index contributed by atoms with van der Waals surface area (Å²) in [7, 11) is 0. The lowest BCUT2D eigenvalue weighted by Gasteiger charge is -2.30. The van der Waals surface area contributed by atoms with Crippen molar-refractivity contribution >= 4 is 50.2 Å². The number of amides is 3. The minimum Gasteiger partial charge on any atom is -0.328 e. The Bertz CT molecular complexity index is 1060. The molecular weight excluding hydrogens is 410 g/mol. The summed E-state index contributed by atoms with van der Waals surface area (Å²) in [6.07, 6.45) is 1.70. The van der Waals surface area contributed by atoms with Crippen molar-refractivity contribution in [2.45, 2.75) is 13.0 Å². The smallest absolute Gasteiger partial charge is 0.328 e. The Labute approximate surface area is 163 Å². The molecule has 1 aromatic heterocycles. The lowest BCUT2D eigenvalue weighted by atomic mass is 9.87. The maximum Gasteiger partial charge on any atom is 0.341 e. The van der Waals surface area contributed by atoms with Gasteiger partial charge in [0.15, 0.2) is 0 Å². The molecule has 3 amide bonds. The molecule has 8 heteroatoms. The number of carbonyl (C=O) groups is 2. The molecule has 0 bridgehead atoms. The van der Waals surface area contributed by atoms with Gasteiger partial charge in [0, 0.05) is 21.3 Å². The van der Waals surface area contributed by atoms with Crippen LogP contribution in [0.2, 0.25) is 0 Å². The summed E-state index contributed by atoms with van der Waals surface area (Å²) in [5, 5.41) is 13.5. The molecule has 2 aromatic carbocycles. The summed E-state index contributed by atoms with van der Waals surface area (Å²) in [4.78, 5) is 28.9. The minimum atomic E-state index is -0.607. The monoisotopic (exact) mass is 425 g/mol. The highest BCUT2D eigenvalue weighted by Crippen LogP contribution is 2.29. The van der Waals surface area contributed by atoms with Crippen molar-refractivity contribution < 1.29 is 9.59 Å². The molecule has 2 heterocycles. The van der Waals surface area contributed by atoms with Gasteiger partial charge in [-0.1, -0.05) is 28.1 Å². The van der Waals surface area contributed by atoms with E-state index in [1.807, 2.05) is 36.4 Å². The van der Waals surface area contributed by atoms with Crippen molar-refractivity contribution in [3.05, 3.63) is 58.7 Å². The molecule has 4 rings (SSSR count). The van der Waals surface area contributed by atoms with E-state index in [1.165, 1.54) is 0 Å². The fourth-order valence-electron chi connectivity index (χ4n) is 3.25. The SMILES string of the molecule is CC1=NC(=O)NC(c2ccc(Br)cc2)C1C(=O)Nc1ccc2[nH]ncc2c1. The highest BCUT2D eigenvalue weighted by atomic mass is 79.9. The van der Waals surface area contributed by atoms with Crippen LogP contribution in [0.4, 0.5) is 10.5 Å². The van der Waals surface area contributed by atoms with E-state index in [4.69, 9.17) is 0 Å². The Morgan fingerprint density at radius 3 is 2.74 bits per heavy atom. The van der Waals surface area contributed by atoms with Crippen LogP contribution in [0.3, 0.4) is 0 Å². The fraction of sp³-hybridized carbons (Fsp3) is 0.158. The van der Waals surface area contributed by atoms with E-state index in [2.05, 4.69) is 41.8 Å². The van der Waals surface area contributed by atoms with Crippen LogP contribution in [0.1, 0.15) is 18.5 Å². The summed E-state index contributed by atoms with van der Waals surface area (Å²) in [6, 6.07) is 12.1. The first-order chi connectivity index (χ1) is 13.0. The van der Waals surface area contributed by atoms with E-state index < -0.39 is 18.0 Å². The van der Waals surface area contributed by atoms with Crippen LogP contribution in [0.5, 0.6) is 0 Å². The van der Waals surface area contributed by atoms with Crippen molar-refractivity contribution in [2.75, 3.05) is 5.32 Å². The Morgan fingerprint density at radius 1 is 1.19 bits per heavy atom. The average molecular weight is 426 g/mol. The number of aromatic amines is 1. The van der Waals surface area contributed by atoms with E-state index in [9.17, 15) is 9.59 Å². The molecule has 1 aliphatic heterocycles. The number of hydrogen-bond acceptors (Lipinski definition) is 3. The number of fused-ring (bicyclic) bond motifs is 1. The molecule has 0 fully saturated rings. The maximum absolute atomic E-state index is 13.0. The number of H-pyrrole nitrogens is 1. The number of benzene rings is 2. The zero-order valence-electron chi connectivity index (χ0n) is 14.4. The number of anilines is 1. The van der Waals surface area contributed by atoms with Crippen molar-refractivity contribution in [3.63, 3.8) is 0 Å². The van der Waals surface area contributed by atoms with Gasteiger partial charge in [-0.15, -0.1) is 0 Å². The molecule has 0 spiro atoms. The lowest BCUT2D eigenvalue weighted by molar-refractivity contribution is -0.118. The molecular formula is C19H16BrN5O2. The molecule has 0 radical (unpaired) electrons. The Morgan fingerprint density at radius 2 is 1.96 bits per heavy atom. The number of rotatable bonds is 3. The molecule has 1 aliphatic rings. The van der Waals surface area contributed by atoms with Crippen molar-refractivity contribution in [2.24, 2.45) is 10.9 Å². The number of urea groups is 1. The van der Waals surface area contributed by atoms with Crippen LogP contribution in [-0.4, -0.2) is 27.8 Å². The Kier molecular flexibility index (Phi) is 4.49. The number of carbonyl (C=O) groups excluding carboxylic acids is 2. The van der Waals surface area contributed by atoms with Gasteiger partial charge in [0.25, 0.3) is 0 Å². The number of halogens is 1. The molecule has 3 aromatic rings. The number of nitrogens with one attached hydrogen (secondary N) is 3. The number of hydrogen-bond donors (Lipinski definition) is 3. The zero-order chi connectivity index (χ0) is 19.0. The number of aromatic nitrogens is 2. The lowest BCUT2D eigenvalue weighted by Crippen LogP contribution is -2.45. The van der Waals surface area contributed by atoms with E-state index in [0.717, 1.165) is 20.9 Å². The van der Waals surface area contributed by atoms with Gasteiger partial charge in [0.2, 0.25) is 5.91 Å². The molecule has 27 heavy (non-hydrogen) atoms. The molecule has 0 saturated carbocycles. The van der Waals surface area contributed by atoms with Crippen LogP contribution < -0.4 is 10.6 Å². The highest BCUT2D eigenvalue weighted by Gasteiger charge is 2.36. The molecule has 7 nitrogen and oxygen atoms in total. The van der Waals surface area contributed by atoms with E-state index in [1.54, 1.807) is 19.2 Å². The van der Waals surface area contributed by atoms with Crippen LogP contribution in [0, 0.1) is 5.92 Å². The quantitative estimate of drug-likeness (QED) is 0.594. The topological polar surface area (TPSA) is 99.2 Å². The van der Waals surface area contributed by atoms with Gasteiger partial charge >= 0.3 is 6.03 Å². The molecule has 3 N–H and O–H groups in total. The van der Waals surface area contributed by atoms with Crippen molar-refractivity contribution in [3.8, 4) is 0 Å². The molecule has 2 atom stereocenters. The van der Waals surface area contributed by atoms with Gasteiger partial charge in [-0.05, 0) is 42.8 Å². The Hall–Kier alpha value is -3.00. The van der Waals surface area contributed by atoms with Gasteiger partial charge in [-0.3, -0.25) is 9.89 Å². The first-order valence-corrected chi connectivity index (χ1v) is 9.16. The average Bonchev–Trinajstić information content (AvgIpc) is 3.09. The van der Waals surface area contributed by atoms with Crippen molar-refractivity contribution in [1.82, 2.24) is 15.5 Å². The molecule has 0 saturated heterocycles. The van der Waals surface area contributed by atoms with Crippen molar-refractivity contribution in [1.29, 1.82) is 0 Å². The van der Waals surface area contributed by atoms with Gasteiger partial charge in [0.05, 0.1) is 17.8 Å². The summed E-state index contributed by atoms with van der Waals surface area (Å²) in [6.45, 7) is 1.70. The summed E-state index contributed by atoms with van der Waals surface area (Å²) in [5.41, 5.74) is 2.87. The van der Waals surface area contributed by atoms with Crippen LogP contribution in [0.15, 0.2) is 58.1 Å². The standard InChI is InChI=1S/C19H16BrN5O2/c1-10-16(17(24-19(27)22-10)11-2-4-13(20)5-3-11)18(26)23-14-6-7-15-12(8-14)9-21-25-15/h2-9,16-17H,1H3,(H,21,25)(H,23,26)(H,24,27). The minimum absolute atomic E-state index is 0.230. The predicted molar refractivity (Wildman–Crippen MR) is 107 cm³/mol. The molecule has 136 valence electrons. The third kappa shape index (κ3) is 3.48. The van der Waals surface area contributed by atoms with E-state index >= 15 is 0 Å². The second kappa shape index (κ2) is 6.96. The van der Waals surface area contributed by atoms with Crippen LogP contribution in [-0.2, 0) is 4.79 Å². The first kappa shape index (κ1) is 17.4.